The third kappa shape index (κ3) is 4.04. The molecular weight excluding hydrogens is 196 g/mol. The molecule has 0 radical (unpaired) electrons. The topological polar surface area (TPSA) is 35.8 Å². The van der Waals surface area contributed by atoms with Gasteiger partial charge in [-0.15, -0.1) is 0 Å². The number of nitriles is 1. The Bertz CT molecular complexity index is 326. The summed E-state index contributed by atoms with van der Waals surface area (Å²) in [5, 5.41) is 12.1. The molecule has 0 aliphatic rings. The summed E-state index contributed by atoms with van der Waals surface area (Å²) in [6.07, 6.45) is 1.94. The van der Waals surface area contributed by atoms with Crippen LogP contribution >= 0.6 is 0 Å². The van der Waals surface area contributed by atoms with Gasteiger partial charge in [-0.1, -0.05) is 44.2 Å². The van der Waals surface area contributed by atoms with Gasteiger partial charge in [0.05, 0.1) is 12.1 Å². The molecule has 0 spiro atoms. The predicted molar refractivity (Wildman–Crippen MR) is 67.2 cm³/mol. The molecule has 0 bridgehead atoms. The van der Waals surface area contributed by atoms with Gasteiger partial charge in [-0.2, -0.15) is 5.26 Å². The molecule has 0 saturated carbocycles. The van der Waals surface area contributed by atoms with E-state index in [9.17, 15) is 0 Å². The van der Waals surface area contributed by atoms with Crippen molar-refractivity contribution >= 4 is 0 Å². The molecule has 2 heteroatoms. The number of hydrogen-bond acceptors (Lipinski definition) is 2. The second-order valence-corrected chi connectivity index (χ2v) is 4.14. The Morgan fingerprint density at radius 3 is 2.56 bits per heavy atom. The zero-order valence-corrected chi connectivity index (χ0v) is 10.1. The van der Waals surface area contributed by atoms with Crippen LogP contribution in [0.3, 0.4) is 0 Å². The van der Waals surface area contributed by atoms with Gasteiger partial charge in [0, 0.05) is 0 Å². The number of nitrogens with zero attached hydrogens (tertiary/aromatic N) is 1. The summed E-state index contributed by atoms with van der Waals surface area (Å²) < 4.78 is 0. The molecule has 0 aromatic heterocycles. The zero-order valence-electron chi connectivity index (χ0n) is 10.1. The van der Waals surface area contributed by atoms with Gasteiger partial charge in [0.15, 0.2) is 0 Å². The predicted octanol–water partition coefficient (Wildman–Crippen LogP) is 3.07. The van der Waals surface area contributed by atoms with E-state index >= 15 is 0 Å². The summed E-state index contributed by atoms with van der Waals surface area (Å²) in [5.41, 5.74) is 1.37. The monoisotopic (exact) mass is 216 g/mol. The lowest BCUT2D eigenvalue weighted by molar-refractivity contribution is 0.542. The first-order valence-corrected chi connectivity index (χ1v) is 5.95. The minimum Gasteiger partial charge on any atom is -0.302 e. The van der Waals surface area contributed by atoms with Crippen LogP contribution in [0.5, 0.6) is 0 Å². The first kappa shape index (κ1) is 12.7. The molecular formula is C14H20N2. The first-order valence-electron chi connectivity index (χ1n) is 5.95. The average Bonchev–Trinajstić information content (AvgIpc) is 2.35. The standard InChI is InChI=1S/C14H20N2/c1-3-14(11-15)16-10-9-12(2)13-7-5-4-6-8-13/h4-8,12,14,16H,3,9-10H2,1-2H3. The molecule has 2 atom stereocenters. The van der Waals surface area contributed by atoms with Crippen LogP contribution in [-0.4, -0.2) is 12.6 Å². The van der Waals surface area contributed by atoms with Crippen molar-refractivity contribution in [2.24, 2.45) is 0 Å². The molecule has 0 aliphatic carbocycles. The van der Waals surface area contributed by atoms with Crippen molar-refractivity contribution in [2.45, 2.75) is 38.6 Å². The van der Waals surface area contributed by atoms with Crippen molar-refractivity contribution in [3.05, 3.63) is 35.9 Å². The number of hydrogen-bond donors (Lipinski definition) is 1. The number of benzene rings is 1. The van der Waals surface area contributed by atoms with E-state index in [1.807, 2.05) is 13.0 Å². The van der Waals surface area contributed by atoms with Gasteiger partial charge in [-0.05, 0) is 30.9 Å². The highest BCUT2D eigenvalue weighted by Crippen LogP contribution is 2.17. The molecule has 2 nitrogen and oxygen atoms in total. The van der Waals surface area contributed by atoms with Crippen LogP contribution in [0.4, 0.5) is 0 Å². The fourth-order valence-electron chi connectivity index (χ4n) is 1.70. The van der Waals surface area contributed by atoms with Crippen molar-refractivity contribution in [1.82, 2.24) is 5.32 Å². The SMILES string of the molecule is CCC(C#N)NCCC(C)c1ccccc1. The molecule has 1 rings (SSSR count). The van der Waals surface area contributed by atoms with Crippen molar-refractivity contribution in [2.75, 3.05) is 6.54 Å². The van der Waals surface area contributed by atoms with E-state index in [-0.39, 0.29) is 6.04 Å². The van der Waals surface area contributed by atoms with E-state index in [0.717, 1.165) is 19.4 Å². The van der Waals surface area contributed by atoms with Gasteiger partial charge in [0.1, 0.15) is 0 Å². The molecule has 16 heavy (non-hydrogen) atoms. The van der Waals surface area contributed by atoms with E-state index < -0.39 is 0 Å². The lowest BCUT2D eigenvalue weighted by atomic mass is 9.98. The molecule has 0 aliphatic heterocycles. The Hall–Kier alpha value is -1.33. The Balaban J connectivity index is 2.31. The summed E-state index contributed by atoms with van der Waals surface area (Å²) in [6.45, 7) is 5.16. The Morgan fingerprint density at radius 1 is 1.31 bits per heavy atom. The molecule has 1 aromatic rings. The highest BCUT2D eigenvalue weighted by Gasteiger charge is 2.06. The van der Waals surface area contributed by atoms with Crippen LogP contribution in [0.25, 0.3) is 0 Å². The van der Waals surface area contributed by atoms with Crippen molar-refractivity contribution in [1.29, 1.82) is 5.26 Å². The number of rotatable bonds is 6. The highest BCUT2D eigenvalue weighted by molar-refractivity contribution is 5.18. The fraction of sp³-hybridized carbons (Fsp3) is 0.500. The Morgan fingerprint density at radius 2 is 2.00 bits per heavy atom. The quantitative estimate of drug-likeness (QED) is 0.793. The molecule has 1 aromatic carbocycles. The first-order chi connectivity index (χ1) is 7.77. The summed E-state index contributed by atoms with van der Waals surface area (Å²) in [6, 6.07) is 12.8. The smallest absolute Gasteiger partial charge is 0.0950 e. The van der Waals surface area contributed by atoms with Gasteiger partial charge in [-0.3, -0.25) is 0 Å². The molecule has 86 valence electrons. The van der Waals surface area contributed by atoms with Gasteiger partial charge in [0.2, 0.25) is 0 Å². The third-order valence-corrected chi connectivity index (χ3v) is 2.90. The maximum atomic E-state index is 8.80. The fourth-order valence-corrected chi connectivity index (χ4v) is 1.70. The van der Waals surface area contributed by atoms with Crippen LogP contribution in [0.1, 0.15) is 38.2 Å². The maximum Gasteiger partial charge on any atom is 0.0950 e. The zero-order chi connectivity index (χ0) is 11.8. The van der Waals surface area contributed by atoms with Crippen LogP contribution in [0, 0.1) is 11.3 Å². The molecule has 0 amide bonds. The maximum absolute atomic E-state index is 8.80. The minimum atomic E-state index is 0.00275. The molecule has 1 N–H and O–H groups in total. The van der Waals surface area contributed by atoms with Crippen molar-refractivity contribution in [3.63, 3.8) is 0 Å². The average molecular weight is 216 g/mol. The van der Waals surface area contributed by atoms with Crippen molar-refractivity contribution in [3.8, 4) is 6.07 Å². The third-order valence-electron chi connectivity index (χ3n) is 2.90. The molecule has 0 fully saturated rings. The highest BCUT2D eigenvalue weighted by atomic mass is 14.9. The normalized spacial score (nSPS) is 14.1. The van der Waals surface area contributed by atoms with Gasteiger partial charge in [-0.25, -0.2) is 0 Å². The summed E-state index contributed by atoms with van der Waals surface area (Å²) in [4.78, 5) is 0. The van der Waals surface area contributed by atoms with E-state index in [2.05, 4.69) is 42.6 Å². The van der Waals surface area contributed by atoms with Gasteiger partial charge in [0.25, 0.3) is 0 Å². The number of nitrogens with one attached hydrogen (secondary N) is 1. The van der Waals surface area contributed by atoms with E-state index in [1.165, 1.54) is 5.56 Å². The van der Waals surface area contributed by atoms with Crippen LogP contribution in [-0.2, 0) is 0 Å². The van der Waals surface area contributed by atoms with Gasteiger partial charge >= 0.3 is 0 Å². The molecule has 0 saturated heterocycles. The van der Waals surface area contributed by atoms with Crippen LogP contribution in [0.15, 0.2) is 30.3 Å². The lowest BCUT2D eigenvalue weighted by Crippen LogP contribution is -2.28. The van der Waals surface area contributed by atoms with Crippen molar-refractivity contribution < 1.29 is 0 Å². The van der Waals surface area contributed by atoms with E-state index in [0.29, 0.717) is 5.92 Å². The summed E-state index contributed by atoms with van der Waals surface area (Å²) >= 11 is 0. The van der Waals surface area contributed by atoms with Crippen LogP contribution in [0.2, 0.25) is 0 Å². The van der Waals surface area contributed by atoms with Gasteiger partial charge < -0.3 is 5.32 Å². The largest absolute Gasteiger partial charge is 0.302 e. The molecule has 0 heterocycles. The lowest BCUT2D eigenvalue weighted by Gasteiger charge is -2.14. The summed E-state index contributed by atoms with van der Waals surface area (Å²) in [5.74, 6) is 0.546. The van der Waals surface area contributed by atoms with E-state index in [1.54, 1.807) is 0 Å². The van der Waals surface area contributed by atoms with Crippen LogP contribution < -0.4 is 5.32 Å². The Kier molecular flexibility index (Phi) is 5.60. The summed E-state index contributed by atoms with van der Waals surface area (Å²) in [7, 11) is 0. The molecule has 2 unspecified atom stereocenters. The minimum absolute atomic E-state index is 0.00275. The van der Waals surface area contributed by atoms with E-state index in [4.69, 9.17) is 5.26 Å². The Labute approximate surface area is 98.3 Å². The second kappa shape index (κ2) is 7.03. The second-order valence-electron chi connectivity index (χ2n) is 4.14.